The molecule has 0 aromatic heterocycles. The van der Waals surface area contributed by atoms with Gasteiger partial charge in [-0.2, -0.15) is 0 Å². The van der Waals surface area contributed by atoms with Crippen molar-refractivity contribution in [2.45, 2.75) is 6.10 Å². The van der Waals surface area contributed by atoms with Crippen LogP contribution in [0.5, 0.6) is 0 Å². The third-order valence-corrected chi connectivity index (χ3v) is 1.51. The van der Waals surface area contributed by atoms with Crippen LogP contribution in [0.4, 0.5) is 0 Å². The fourth-order valence-electron chi connectivity index (χ4n) is 0.582. The van der Waals surface area contributed by atoms with E-state index in [2.05, 4.69) is 5.32 Å². The smallest absolute Gasteiger partial charge is 0.0941 e. The first-order valence-corrected chi connectivity index (χ1v) is 4.33. The summed E-state index contributed by atoms with van der Waals surface area (Å²) in [6.07, 6.45) is 2.06. The molecule has 0 bridgehead atoms. The predicted molar refractivity (Wildman–Crippen MR) is 44.2 cm³/mol. The highest BCUT2D eigenvalue weighted by Gasteiger charge is 2.04. The van der Waals surface area contributed by atoms with Crippen molar-refractivity contribution in [2.75, 3.05) is 33.6 Å². The van der Waals surface area contributed by atoms with Gasteiger partial charge in [0.25, 0.3) is 0 Å². The Hall–Kier alpha value is 0.230. The number of hydrogen-bond acceptors (Lipinski definition) is 4. The summed E-state index contributed by atoms with van der Waals surface area (Å²) >= 11 is 1.36. The van der Waals surface area contributed by atoms with Gasteiger partial charge < -0.3 is 14.2 Å². The summed E-state index contributed by atoms with van der Waals surface area (Å²) in [5.41, 5.74) is 0. The van der Waals surface area contributed by atoms with Gasteiger partial charge >= 0.3 is 0 Å². The van der Waals surface area contributed by atoms with Gasteiger partial charge in [-0.1, -0.05) is 0 Å². The maximum Gasteiger partial charge on any atom is 0.0941 e. The van der Waals surface area contributed by atoms with Gasteiger partial charge in [-0.3, -0.25) is 0 Å². The van der Waals surface area contributed by atoms with Crippen LogP contribution in [0, 0.1) is 0 Å². The average Bonchev–Trinajstić information content (AvgIpc) is 1.98. The van der Waals surface area contributed by atoms with Crippen LogP contribution in [-0.2, 0) is 8.92 Å². The molecule has 0 aromatic carbocycles. The van der Waals surface area contributed by atoms with E-state index in [1.165, 1.54) is 12.0 Å². The van der Waals surface area contributed by atoms with Gasteiger partial charge in [0, 0.05) is 19.9 Å². The van der Waals surface area contributed by atoms with Crippen molar-refractivity contribution >= 4 is 12.0 Å². The van der Waals surface area contributed by atoms with E-state index >= 15 is 0 Å². The summed E-state index contributed by atoms with van der Waals surface area (Å²) in [6, 6.07) is 0. The van der Waals surface area contributed by atoms with E-state index in [0.717, 1.165) is 6.54 Å². The number of methoxy groups -OCH3 is 1. The second-order valence-electron chi connectivity index (χ2n) is 1.87. The molecule has 0 aliphatic carbocycles. The van der Waals surface area contributed by atoms with E-state index in [0.29, 0.717) is 6.61 Å². The Kier molecular flexibility index (Phi) is 7.51. The Balaban J connectivity index is 3.21. The molecule has 0 spiro atoms. The molecule has 1 atom stereocenters. The Morgan fingerprint density at radius 3 is 2.70 bits per heavy atom. The molecule has 0 fully saturated rings. The molecule has 1 N–H and O–H groups in total. The van der Waals surface area contributed by atoms with Crippen LogP contribution >= 0.6 is 12.0 Å². The van der Waals surface area contributed by atoms with E-state index in [-0.39, 0.29) is 6.10 Å². The Bertz CT molecular complexity index is 72.8. The maximum absolute atomic E-state index is 5.09. The first-order valence-electron chi connectivity index (χ1n) is 3.18. The molecule has 0 amide bonds. The molecule has 0 aliphatic rings. The van der Waals surface area contributed by atoms with Crippen molar-refractivity contribution in [1.29, 1.82) is 0 Å². The lowest BCUT2D eigenvalue weighted by Crippen LogP contribution is -2.29. The quantitative estimate of drug-likeness (QED) is 0.581. The van der Waals surface area contributed by atoms with Crippen molar-refractivity contribution in [2.24, 2.45) is 0 Å². The van der Waals surface area contributed by atoms with Crippen LogP contribution in [0.3, 0.4) is 0 Å². The lowest BCUT2D eigenvalue weighted by atomic mass is 10.4. The Morgan fingerprint density at radius 1 is 1.60 bits per heavy atom. The monoisotopic (exact) mass is 165 g/mol. The summed E-state index contributed by atoms with van der Waals surface area (Å²) in [7, 11) is 3.58. The molecule has 0 heterocycles. The zero-order chi connectivity index (χ0) is 7.82. The van der Waals surface area contributed by atoms with Gasteiger partial charge in [0.2, 0.25) is 0 Å². The summed E-state index contributed by atoms with van der Waals surface area (Å²) in [4.78, 5) is 0. The third kappa shape index (κ3) is 5.05. The second kappa shape index (κ2) is 7.34. The van der Waals surface area contributed by atoms with Crippen LogP contribution in [0.1, 0.15) is 0 Å². The Morgan fingerprint density at radius 2 is 2.30 bits per heavy atom. The standard InChI is InChI=1S/C6H15NO2S/c1-7-4-6(8-2)5-9-10-3/h6-7H,4-5H2,1-3H3. The van der Waals surface area contributed by atoms with Crippen molar-refractivity contribution in [3.63, 3.8) is 0 Å². The molecule has 62 valence electrons. The highest BCUT2D eigenvalue weighted by Crippen LogP contribution is 1.98. The average molecular weight is 165 g/mol. The molecular formula is C6H15NO2S. The van der Waals surface area contributed by atoms with Gasteiger partial charge in [0.1, 0.15) is 0 Å². The molecule has 0 saturated heterocycles. The fourth-order valence-corrected chi connectivity index (χ4v) is 0.870. The first kappa shape index (κ1) is 10.2. The lowest BCUT2D eigenvalue weighted by molar-refractivity contribution is 0.0667. The van der Waals surface area contributed by atoms with Crippen LogP contribution in [0.25, 0.3) is 0 Å². The van der Waals surface area contributed by atoms with Crippen molar-refractivity contribution < 1.29 is 8.92 Å². The van der Waals surface area contributed by atoms with Crippen molar-refractivity contribution in [3.05, 3.63) is 0 Å². The minimum Gasteiger partial charge on any atom is -0.378 e. The molecule has 10 heavy (non-hydrogen) atoms. The van der Waals surface area contributed by atoms with E-state index in [1.54, 1.807) is 7.11 Å². The summed E-state index contributed by atoms with van der Waals surface area (Å²) in [5, 5.41) is 3.01. The molecule has 1 unspecified atom stereocenters. The van der Waals surface area contributed by atoms with Crippen molar-refractivity contribution in [3.8, 4) is 0 Å². The van der Waals surface area contributed by atoms with Crippen LogP contribution in [0.15, 0.2) is 0 Å². The molecule has 0 rings (SSSR count). The fraction of sp³-hybridized carbons (Fsp3) is 1.00. The zero-order valence-electron chi connectivity index (χ0n) is 6.72. The molecule has 4 heteroatoms. The highest BCUT2D eigenvalue weighted by atomic mass is 32.2. The van der Waals surface area contributed by atoms with E-state index in [9.17, 15) is 0 Å². The molecule has 0 aromatic rings. The minimum atomic E-state index is 0.164. The number of rotatable bonds is 6. The molecule has 0 saturated carbocycles. The zero-order valence-corrected chi connectivity index (χ0v) is 7.53. The summed E-state index contributed by atoms with van der Waals surface area (Å²) < 4.78 is 10.2. The number of hydrogen-bond donors (Lipinski definition) is 1. The third-order valence-electron chi connectivity index (χ3n) is 1.14. The SMILES string of the molecule is CNCC(COSC)OC. The van der Waals surface area contributed by atoms with Crippen LogP contribution in [0.2, 0.25) is 0 Å². The van der Waals surface area contributed by atoms with Gasteiger partial charge in [-0.15, -0.1) is 0 Å². The predicted octanol–water partition coefficient (Wildman–Crippen LogP) is 0.515. The van der Waals surface area contributed by atoms with Gasteiger partial charge in [-0.25, -0.2) is 0 Å². The molecule has 0 radical (unpaired) electrons. The highest BCUT2D eigenvalue weighted by molar-refractivity contribution is 7.93. The molecular weight excluding hydrogens is 150 g/mol. The lowest BCUT2D eigenvalue weighted by Gasteiger charge is -2.12. The normalized spacial score (nSPS) is 13.5. The van der Waals surface area contributed by atoms with Crippen LogP contribution in [-0.4, -0.2) is 39.7 Å². The maximum atomic E-state index is 5.09. The van der Waals surface area contributed by atoms with Gasteiger partial charge in [0.15, 0.2) is 0 Å². The molecule has 3 nitrogen and oxygen atoms in total. The second-order valence-corrected chi connectivity index (χ2v) is 2.44. The first-order chi connectivity index (χ1) is 4.85. The van der Waals surface area contributed by atoms with Crippen LogP contribution < -0.4 is 5.32 Å². The van der Waals surface area contributed by atoms with Crippen molar-refractivity contribution in [1.82, 2.24) is 5.32 Å². The van der Waals surface area contributed by atoms with E-state index in [1.807, 2.05) is 13.3 Å². The van der Waals surface area contributed by atoms with E-state index in [4.69, 9.17) is 8.92 Å². The summed E-state index contributed by atoms with van der Waals surface area (Å²) in [5.74, 6) is 0. The summed E-state index contributed by atoms with van der Waals surface area (Å²) in [6.45, 7) is 1.47. The topological polar surface area (TPSA) is 30.5 Å². The number of likely N-dealkylation sites (N-methyl/N-ethyl adjacent to an activating group) is 1. The minimum absolute atomic E-state index is 0.164. The number of nitrogens with one attached hydrogen (secondary N) is 1. The van der Waals surface area contributed by atoms with Gasteiger partial charge in [-0.05, 0) is 19.1 Å². The Labute approximate surface area is 66.7 Å². The van der Waals surface area contributed by atoms with Gasteiger partial charge in [0.05, 0.1) is 12.7 Å². The van der Waals surface area contributed by atoms with E-state index < -0.39 is 0 Å². The number of ether oxygens (including phenoxy) is 1. The molecule has 0 aliphatic heterocycles. The largest absolute Gasteiger partial charge is 0.378 e.